The number of benzene rings is 2. The Hall–Kier alpha value is -2.42. The predicted molar refractivity (Wildman–Crippen MR) is 103 cm³/mol. The van der Waals surface area contributed by atoms with Crippen LogP contribution in [0.15, 0.2) is 48.0 Å². The molecule has 0 saturated carbocycles. The molecule has 2 aromatic carbocycles. The van der Waals surface area contributed by atoms with Gasteiger partial charge in [-0.1, -0.05) is 29.8 Å². The molecule has 0 saturated heterocycles. The van der Waals surface area contributed by atoms with Gasteiger partial charge in [-0.3, -0.25) is 0 Å². The molecule has 2 rings (SSSR count). The Labute approximate surface area is 150 Å². The van der Waals surface area contributed by atoms with Gasteiger partial charge in [-0.2, -0.15) is 0 Å². The molecule has 25 heavy (non-hydrogen) atoms. The van der Waals surface area contributed by atoms with E-state index in [1.54, 1.807) is 18.2 Å². The number of phenolic OH excluding ortho intramolecular Hbond substituents is 2. The van der Waals surface area contributed by atoms with Gasteiger partial charge in [0.25, 0.3) is 0 Å². The lowest BCUT2D eigenvalue weighted by molar-refractivity contribution is 0.333. The fourth-order valence-electron chi connectivity index (χ4n) is 2.79. The van der Waals surface area contributed by atoms with E-state index in [2.05, 4.69) is 26.0 Å². The topological polar surface area (TPSA) is 49.7 Å². The quantitative estimate of drug-likeness (QED) is 0.651. The van der Waals surface area contributed by atoms with Crippen molar-refractivity contribution in [3.05, 3.63) is 64.7 Å². The van der Waals surface area contributed by atoms with Crippen LogP contribution >= 0.6 is 0 Å². The average molecular weight is 340 g/mol. The van der Waals surface area contributed by atoms with E-state index < -0.39 is 0 Å². The zero-order valence-electron chi connectivity index (χ0n) is 15.4. The van der Waals surface area contributed by atoms with Gasteiger partial charge in [0.15, 0.2) is 0 Å². The standard InChI is InChI=1S/C22H28O3/c1-4-25-22-15-20(23)12-11-18(22)7-5-6-17-9-13-21(24)19(14-17)10-8-16(2)3/h8-9,11-15,23-24H,4-7,10H2,1-3H3. The minimum Gasteiger partial charge on any atom is -0.508 e. The van der Waals surface area contributed by atoms with E-state index in [1.165, 1.54) is 11.1 Å². The second-order valence-electron chi connectivity index (χ2n) is 6.53. The summed E-state index contributed by atoms with van der Waals surface area (Å²) in [5, 5.41) is 19.6. The average Bonchev–Trinajstić information content (AvgIpc) is 2.57. The zero-order chi connectivity index (χ0) is 18.2. The van der Waals surface area contributed by atoms with Crippen LogP contribution in [0.5, 0.6) is 17.2 Å². The number of hydrogen-bond acceptors (Lipinski definition) is 3. The lowest BCUT2D eigenvalue weighted by Gasteiger charge is -2.11. The minimum atomic E-state index is 0.231. The first-order chi connectivity index (χ1) is 12.0. The Kier molecular flexibility index (Phi) is 6.93. The lowest BCUT2D eigenvalue weighted by Crippen LogP contribution is -1.98. The molecule has 0 amide bonds. The summed E-state index contributed by atoms with van der Waals surface area (Å²) in [6, 6.07) is 11.2. The number of ether oxygens (including phenoxy) is 1. The highest BCUT2D eigenvalue weighted by atomic mass is 16.5. The summed E-state index contributed by atoms with van der Waals surface area (Å²) < 4.78 is 5.61. The van der Waals surface area contributed by atoms with Crippen LogP contribution in [0, 0.1) is 0 Å². The highest BCUT2D eigenvalue weighted by Gasteiger charge is 2.06. The SMILES string of the molecule is CCOc1cc(O)ccc1CCCc1ccc(O)c(CC=C(C)C)c1. The summed E-state index contributed by atoms with van der Waals surface area (Å²) in [5.41, 5.74) is 4.56. The number of phenols is 2. The number of rotatable bonds is 8. The minimum absolute atomic E-state index is 0.231. The molecular weight excluding hydrogens is 312 g/mol. The summed E-state index contributed by atoms with van der Waals surface area (Å²) in [5.74, 6) is 1.35. The van der Waals surface area contributed by atoms with Gasteiger partial charge in [0.05, 0.1) is 6.61 Å². The molecule has 0 bridgehead atoms. The van der Waals surface area contributed by atoms with Crippen molar-refractivity contribution < 1.29 is 14.9 Å². The van der Waals surface area contributed by atoms with Crippen molar-refractivity contribution in [3.63, 3.8) is 0 Å². The fraction of sp³-hybridized carbons (Fsp3) is 0.364. The molecule has 0 aliphatic heterocycles. The molecule has 2 aromatic rings. The molecule has 0 aliphatic rings. The summed E-state index contributed by atoms with van der Waals surface area (Å²) in [4.78, 5) is 0. The monoisotopic (exact) mass is 340 g/mol. The molecule has 3 nitrogen and oxygen atoms in total. The largest absolute Gasteiger partial charge is 0.508 e. The van der Waals surface area contributed by atoms with E-state index in [9.17, 15) is 10.2 Å². The Balaban J connectivity index is 2.00. The van der Waals surface area contributed by atoms with Crippen LogP contribution in [0.25, 0.3) is 0 Å². The lowest BCUT2D eigenvalue weighted by atomic mass is 10.00. The van der Waals surface area contributed by atoms with E-state index in [0.29, 0.717) is 12.4 Å². The fourth-order valence-corrected chi connectivity index (χ4v) is 2.79. The second-order valence-corrected chi connectivity index (χ2v) is 6.53. The third-order valence-electron chi connectivity index (χ3n) is 4.14. The third kappa shape index (κ3) is 5.86. The number of hydrogen-bond donors (Lipinski definition) is 2. The Bertz CT molecular complexity index is 728. The van der Waals surface area contributed by atoms with Crippen molar-refractivity contribution in [1.82, 2.24) is 0 Å². The van der Waals surface area contributed by atoms with Crippen molar-refractivity contribution in [1.29, 1.82) is 0 Å². The van der Waals surface area contributed by atoms with Gasteiger partial charge < -0.3 is 14.9 Å². The molecule has 0 fully saturated rings. The van der Waals surface area contributed by atoms with Gasteiger partial charge in [0.1, 0.15) is 17.2 Å². The van der Waals surface area contributed by atoms with Crippen molar-refractivity contribution >= 4 is 0 Å². The van der Waals surface area contributed by atoms with Crippen LogP contribution in [-0.4, -0.2) is 16.8 Å². The first-order valence-electron chi connectivity index (χ1n) is 8.88. The van der Waals surface area contributed by atoms with Crippen LogP contribution in [0.1, 0.15) is 43.9 Å². The molecular formula is C22H28O3. The van der Waals surface area contributed by atoms with Crippen molar-refractivity contribution in [2.45, 2.75) is 46.5 Å². The molecule has 0 aliphatic carbocycles. The maximum Gasteiger partial charge on any atom is 0.126 e. The van der Waals surface area contributed by atoms with Gasteiger partial charge in [-0.15, -0.1) is 0 Å². The van der Waals surface area contributed by atoms with Crippen LogP contribution in [-0.2, 0) is 19.3 Å². The predicted octanol–water partition coefficient (Wildman–Crippen LogP) is 5.18. The van der Waals surface area contributed by atoms with Gasteiger partial charge in [-0.05, 0) is 75.3 Å². The highest BCUT2D eigenvalue weighted by Crippen LogP contribution is 2.26. The molecule has 134 valence electrons. The number of aromatic hydroxyl groups is 2. The summed E-state index contributed by atoms with van der Waals surface area (Å²) in [6.45, 7) is 6.66. The van der Waals surface area contributed by atoms with Crippen molar-refractivity contribution in [3.8, 4) is 17.2 Å². The van der Waals surface area contributed by atoms with Crippen molar-refractivity contribution in [2.24, 2.45) is 0 Å². The Morgan fingerprint density at radius 1 is 1.00 bits per heavy atom. The second kappa shape index (κ2) is 9.16. The molecule has 0 atom stereocenters. The van der Waals surface area contributed by atoms with Gasteiger partial charge >= 0.3 is 0 Å². The van der Waals surface area contributed by atoms with Gasteiger partial charge in [0.2, 0.25) is 0 Å². The molecule has 0 heterocycles. The van der Waals surface area contributed by atoms with Crippen molar-refractivity contribution in [2.75, 3.05) is 6.61 Å². The van der Waals surface area contributed by atoms with Crippen LogP contribution in [0.2, 0.25) is 0 Å². The number of allylic oxidation sites excluding steroid dienone is 2. The van der Waals surface area contributed by atoms with E-state index in [4.69, 9.17) is 4.74 Å². The Morgan fingerprint density at radius 2 is 1.80 bits per heavy atom. The first kappa shape index (κ1) is 18.9. The molecule has 0 aromatic heterocycles. The zero-order valence-corrected chi connectivity index (χ0v) is 15.4. The molecule has 0 radical (unpaired) electrons. The number of aryl methyl sites for hydroxylation is 2. The summed E-state index contributed by atoms with van der Waals surface area (Å²) in [7, 11) is 0. The van der Waals surface area contributed by atoms with Crippen LogP contribution < -0.4 is 4.74 Å². The third-order valence-corrected chi connectivity index (χ3v) is 4.14. The van der Waals surface area contributed by atoms with E-state index in [0.717, 1.165) is 42.6 Å². The molecule has 0 spiro atoms. The van der Waals surface area contributed by atoms with Gasteiger partial charge in [0, 0.05) is 6.07 Å². The van der Waals surface area contributed by atoms with E-state index >= 15 is 0 Å². The molecule has 3 heteroatoms. The Morgan fingerprint density at radius 3 is 2.52 bits per heavy atom. The maximum absolute atomic E-state index is 10.0. The summed E-state index contributed by atoms with van der Waals surface area (Å²) in [6.07, 6.45) is 5.70. The van der Waals surface area contributed by atoms with Crippen LogP contribution in [0.4, 0.5) is 0 Å². The van der Waals surface area contributed by atoms with E-state index in [-0.39, 0.29) is 5.75 Å². The van der Waals surface area contributed by atoms with Gasteiger partial charge in [-0.25, -0.2) is 0 Å². The normalized spacial score (nSPS) is 10.5. The summed E-state index contributed by atoms with van der Waals surface area (Å²) >= 11 is 0. The van der Waals surface area contributed by atoms with E-state index in [1.807, 2.05) is 19.1 Å². The smallest absolute Gasteiger partial charge is 0.126 e. The molecule has 0 unspecified atom stereocenters. The van der Waals surface area contributed by atoms with Crippen LogP contribution in [0.3, 0.4) is 0 Å². The maximum atomic E-state index is 10.0. The highest BCUT2D eigenvalue weighted by molar-refractivity contribution is 5.41. The molecule has 2 N–H and O–H groups in total. The first-order valence-corrected chi connectivity index (χ1v) is 8.88.